The zero-order valence-electron chi connectivity index (χ0n) is 8.09. The SMILES string of the molecule is Cc1ccc(Cl)cc1C1(O)CCSC1. The molecule has 0 aromatic heterocycles. The van der Waals surface area contributed by atoms with Gasteiger partial charge in [-0.15, -0.1) is 0 Å². The lowest BCUT2D eigenvalue weighted by atomic mass is 9.90. The van der Waals surface area contributed by atoms with E-state index in [1.807, 2.05) is 25.1 Å². The summed E-state index contributed by atoms with van der Waals surface area (Å²) in [7, 11) is 0. The van der Waals surface area contributed by atoms with Crippen LogP contribution in [-0.2, 0) is 5.60 Å². The number of benzene rings is 1. The molecule has 1 unspecified atom stereocenters. The fourth-order valence-electron chi connectivity index (χ4n) is 1.86. The van der Waals surface area contributed by atoms with Crippen molar-refractivity contribution in [1.29, 1.82) is 0 Å². The van der Waals surface area contributed by atoms with Crippen LogP contribution in [0.5, 0.6) is 0 Å². The lowest BCUT2D eigenvalue weighted by molar-refractivity contribution is 0.0651. The molecule has 0 radical (unpaired) electrons. The Bertz CT molecular complexity index is 345. The molecule has 1 aromatic carbocycles. The first-order chi connectivity index (χ1) is 6.62. The van der Waals surface area contributed by atoms with Crippen LogP contribution in [0.3, 0.4) is 0 Å². The molecule has 2 rings (SSSR count). The molecule has 0 amide bonds. The summed E-state index contributed by atoms with van der Waals surface area (Å²) < 4.78 is 0. The number of halogens is 1. The summed E-state index contributed by atoms with van der Waals surface area (Å²) in [6.45, 7) is 2.02. The van der Waals surface area contributed by atoms with E-state index < -0.39 is 5.60 Å². The van der Waals surface area contributed by atoms with Gasteiger partial charge in [0.1, 0.15) is 0 Å². The number of rotatable bonds is 1. The van der Waals surface area contributed by atoms with Crippen molar-refractivity contribution in [2.45, 2.75) is 18.9 Å². The highest BCUT2D eigenvalue weighted by Crippen LogP contribution is 2.38. The van der Waals surface area contributed by atoms with Gasteiger partial charge in [0.2, 0.25) is 0 Å². The van der Waals surface area contributed by atoms with E-state index in [1.165, 1.54) is 0 Å². The first-order valence-corrected chi connectivity index (χ1v) is 6.22. The summed E-state index contributed by atoms with van der Waals surface area (Å²) in [4.78, 5) is 0. The van der Waals surface area contributed by atoms with E-state index in [1.54, 1.807) is 11.8 Å². The number of hydrogen-bond acceptors (Lipinski definition) is 2. The third-order valence-corrected chi connectivity index (χ3v) is 4.11. The zero-order chi connectivity index (χ0) is 10.2. The quantitative estimate of drug-likeness (QED) is 0.798. The van der Waals surface area contributed by atoms with Crippen molar-refractivity contribution in [3.05, 3.63) is 34.3 Å². The van der Waals surface area contributed by atoms with Crippen LogP contribution in [0.25, 0.3) is 0 Å². The Morgan fingerprint density at radius 1 is 1.50 bits per heavy atom. The molecular weight excluding hydrogens is 216 g/mol. The number of hydrogen-bond donors (Lipinski definition) is 1. The van der Waals surface area contributed by atoms with Crippen LogP contribution < -0.4 is 0 Å². The van der Waals surface area contributed by atoms with Gasteiger partial charge in [-0.05, 0) is 42.4 Å². The molecule has 1 nitrogen and oxygen atoms in total. The van der Waals surface area contributed by atoms with E-state index >= 15 is 0 Å². The molecule has 1 saturated heterocycles. The van der Waals surface area contributed by atoms with Crippen molar-refractivity contribution in [2.75, 3.05) is 11.5 Å². The lowest BCUT2D eigenvalue weighted by Gasteiger charge is -2.24. The second-order valence-corrected chi connectivity index (χ2v) is 5.34. The Morgan fingerprint density at radius 3 is 2.93 bits per heavy atom. The first kappa shape index (κ1) is 10.3. The summed E-state index contributed by atoms with van der Waals surface area (Å²) >= 11 is 7.74. The Morgan fingerprint density at radius 2 is 2.29 bits per heavy atom. The average Bonchev–Trinajstić information content (AvgIpc) is 2.58. The molecule has 0 aliphatic carbocycles. The lowest BCUT2D eigenvalue weighted by Crippen LogP contribution is -2.25. The van der Waals surface area contributed by atoms with Gasteiger partial charge in [-0.25, -0.2) is 0 Å². The Labute approximate surface area is 93.5 Å². The number of thioether (sulfide) groups is 1. The number of aliphatic hydroxyl groups is 1. The van der Waals surface area contributed by atoms with Crippen LogP contribution in [0.2, 0.25) is 5.02 Å². The normalized spacial score (nSPS) is 26.8. The van der Waals surface area contributed by atoms with Gasteiger partial charge in [0.05, 0.1) is 5.60 Å². The average molecular weight is 229 g/mol. The van der Waals surface area contributed by atoms with E-state index in [0.29, 0.717) is 5.02 Å². The van der Waals surface area contributed by atoms with Crippen molar-refractivity contribution in [3.63, 3.8) is 0 Å². The molecule has 3 heteroatoms. The van der Waals surface area contributed by atoms with Crippen molar-refractivity contribution < 1.29 is 5.11 Å². The molecule has 1 aliphatic heterocycles. The molecule has 14 heavy (non-hydrogen) atoms. The van der Waals surface area contributed by atoms with Crippen molar-refractivity contribution in [1.82, 2.24) is 0 Å². The predicted molar refractivity (Wildman–Crippen MR) is 62.0 cm³/mol. The highest BCUT2D eigenvalue weighted by atomic mass is 35.5. The molecule has 1 atom stereocenters. The van der Waals surface area contributed by atoms with Crippen molar-refractivity contribution in [2.24, 2.45) is 0 Å². The molecule has 1 N–H and O–H groups in total. The minimum absolute atomic E-state index is 0.653. The molecule has 1 aromatic rings. The van der Waals surface area contributed by atoms with Crippen LogP contribution >= 0.6 is 23.4 Å². The van der Waals surface area contributed by atoms with Crippen LogP contribution in [0.4, 0.5) is 0 Å². The highest BCUT2D eigenvalue weighted by molar-refractivity contribution is 7.99. The van der Waals surface area contributed by atoms with Gasteiger partial charge < -0.3 is 5.11 Å². The second kappa shape index (κ2) is 3.76. The van der Waals surface area contributed by atoms with Crippen molar-refractivity contribution >= 4 is 23.4 Å². The summed E-state index contributed by atoms with van der Waals surface area (Å²) in [5.74, 6) is 1.82. The van der Waals surface area contributed by atoms with Crippen molar-refractivity contribution in [3.8, 4) is 0 Å². The monoisotopic (exact) mass is 228 g/mol. The van der Waals surface area contributed by atoms with Crippen LogP contribution in [0.15, 0.2) is 18.2 Å². The topological polar surface area (TPSA) is 20.2 Å². The zero-order valence-corrected chi connectivity index (χ0v) is 9.66. The smallest absolute Gasteiger partial charge is 0.0997 e. The molecular formula is C11H13ClOS. The molecule has 1 aliphatic rings. The largest absolute Gasteiger partial charge is 0.384 e. The van der Waals surface area contributed by atoms with Crippen LogP contribution in [0, 0.1) is 6.92 Å². The molecule has 0 bridgehead atoms. The van der Waals surface area contributed by atoms with Gasteiger partial charge in [0.25, 0.3) is 0 Å². The molecule has 0 spiro atoms. The van der Waals surface area contributed by atoms with Gasteiger partial charge >= 0.3 is 0 Å². The maximum absolute atomic E-state index is 10.4. The fraction of sp³-hybridized carbons (Fsp3) is 0.455. The Kier molecular flexibility index (Phi) is 2.78. The molecule has 76 valence electrons. The van der Waals surface area contributed by atoms with E-state index in [2.05, 4.69) is 0 Å². The standard InChI is InChI=1S/C11H13ClOS/c1-8-2-3-9(12)6-10(8)11(13)4-5-14-7-11/h2-3,6,13H,4-5,7H2,1H3. The van der Waals surface area contributed by atoms with Gasteiger partial charge in [0, 0.05) is 10.8 Å². The Hall–Kier alpha value is -0.180. The minimum Gasteiger partial charge on any atom is -0.384 e. The Balaban J connectivity index is 2.44. The van der Waals surface area contributed by atoms with E-state index in [9.17, 15) is 5.11 Å². The van der Waals surface area contributed by atoms with E-state index in [-0.39, 0.29) is 0 Å². The maximum atomic E-state index is 10.4. The van der Waals surface area contributed by atoms with E-state index in [4.69, 9.17) is 11.6 Å². The number of aryl methyl sites for hydroxylation is 1. The van der Waals surface area contributed by atoms with Crippen LogP contribution in [-0.4, -0.2) is 16.6 Å². The summed E-state index contributed by atoms with van der Waals surface area (Å²) in [5.41, 5.74) is 1.47. The van der Waals surface area contributed by atoms with Gasteiger partial charge in [-0.3, -0.25) is 0 Å². The molecule has 1 fully saturated rings. The highest BCUT2D eigenvalue weighted by Gasteiger charge is 2.34. The maximum Gasteiger partial charge on any atom is 0.0997 e. The summed E-state index contributed by atoms with van der Waals surface area (Å²) in [5, 5.41) is 11.1. The van der Waals surface area contributed by atoms with Gasteiger partial charge in [-0.1, -0.05) is 17.7 Å². The molecule has 0 saturated carbocycles. The first-order valence-electron chi connectivity index (χ1n) is 4.69. The summed E-state index contributed by atoms with van der Waals surface area (Å²) in [6.07, 6.45) is 0.832. The third-order valence-electron chi connectivity index (χ3n) is 2.70. The second-order valence-electron chi connectivity index (χ2n) is 3.79. The fourth-order valence-corrected chi connectivity index (χ4v) is 3.30. The van der Waals surface area contributed by atoms with Gasteiger partial charge in [-0.2, -0.15) is 11.8 Å². The van der Waals surface area contributed by atoms with Crippen LogP contribution in [0.1, 0.15) is 17.5 Å². The molecule has 1 heterocycles. The predicted octanol–water partition coefficient (Wildman–Crippen LogP) is 2.97. The van der Waals surface area contributed by atoms with Gasteiger partial charge in [0.15, 0.2) is 0 Å². The van der Waals surface area contributed by atoms with E-state index in [0.717, 1.165) is 29.1 Å². The minimum atomic E-state index is -0.653. The third kappa shape index (κ3) is 1.79. The summed E-state index contributed by atoms with van der Waals surface area (Å²) in [6, 6.07) is 5.73.